The van der Waals surface area contributed by atoms with Crippen LogP contribution in [0, 0.1) is 13.8 Å². The van der Waals surface area contributed by atoms with Gasteiger partial charge in [-0.05, 0) is 54.8 Å². The molecule has 0 N–H and O–H groups in total. The van der Waals surface area contributed by atoms with Crippen LogP contribution in [0.25, 0.3) is 0 Å². The van der Waals surface area contributed by atoms with Gasteiger partial charge in [0.25, 0.3) is 0 Å². The van der Waals surface area contributed by atoms with Crippen LogP contribution >= 0.6 is 23.4 Å². The Morgan fingerprint density at radius 1 is 1.14 bits per heavy atom. The minimum absolute atomic E-state index is 0.00241. The highest BCUT2D eigenvalue weighted by Gasteiger charge is 2.34. The Kier molecular flexibility index (Phi) is 3.96. The molecule has 2 aromatic carbocycles. The van der Waals surface area contributed by atoms with Crippen LogP contribution in [0.3, 0.4) is 0 Å². The van der Waals surface area contributed by atoms with Crippen molar-refractivity contribution in [2.45, 2.75) is 19.2 Å². The van der Waals surface area contributed by atoms with Gasteiger partial charge < -0.3 is 0 Å². The zero-order valence-electron chi connectivity index (χ0n) is 12.0. The largest absolute Gasteiger partial charge is 0.295 e. The Bertz CT molecular complexity index is 681. The molecule has 0 radical (unpaired) electrons. The smallest absolute Gasteiger partial charge is 0.238 e. The van der Waals surface area contributed by atoms with Crippen molar-refractivity contribution in [3.8, 4) is 0 Å². The van der Waals surface area contributed by atoms with E-state index < -0.39 is 0 Å². The van der Waals surface area contributed by atoms with Crippen molar-refractivity contribution in [2.24, 2.45) is 0 Å². The number of hydrogen-bond donors (Lipinski definition) is 0. The van der Waals surface area contributed by atoms with Crippen LogP contribution < -0.4 is 4.90 Å². The summed E-state index contributed by atoms with van der Waals surface area (Å²) in [5, 5.41) is 0.699. The second-order valence-electron chi connectivity index (χ2n) is 5.33. The fourth-order valence-corrected chi connectivity index (χ4v) is 4.07. The molecule has 0 bridgehead atoms. The fourth-order valence-electron chi connectivity index (χ4n) is 2.70. The molecule has 0 aliphatic carbocycles. The molecule has 1 aliphatic heterocycles. The molecule has 0 aromatic heterocycles. The highest BCUT2D eigenvalue weighted by atomic mass is 35.5. The van der Waals surface area contributed by atoms with Gasteiger partial charge in [-0.15, -0.1) is 11.8 Å². The number of hydrogen-bond acceptors (Lipinski definition) is 2. The van der Waals surface area contributed by atoms with Crippen LogP contribution in [0.1, 0.15) is 22.1 Å². The van der Waals surface area contributed by atoms with E-state index in [1.807, 2.05) is 29.2 Å². The third-order valence-electron chi connectivity index (χ3n) is 3.49. The quantitative estimate of drug-likeness (QED) is 0.797. The van der Waals surface area contributed by atoms with Gasteiger partial charge in [0.05, 0.1) is 5.75 Å². The van der Waals surface area contributed by atoms with E-state index in [-0.39, 0.29) is 11.3 Å². The zero-order chi connectivity index (χ0) is 15.0. The Labute approximate surface area is 134 Å². The molecule has 108 valence electrons. The molecular formula is C17H16ClNOS. The topological polar surface area (TPSA) is 20.3 Å². The number of benzene rings is 2. The number of halogens is 1. The van der Waals surface area contributed by atoms with Crippen molar-refractivity contribution in [1.29, 1.82) is 0 Å². The summed E-state index contributed by atoms with van der Waals surface area (Å²) in [6.07, 6.45) is 0. The van der Waals surface area contributed by atoms with Crippen molar-refractivity contribution >= 4 is 35.0 Å². The van der Waals surface area contributed by atoms with Crippen molar-refractivity contribution in [3.05, 3.63) is 64.2 Å². The minimum atomic E-state index is -0.00241. The van der Waals surface area contributed by atoms with E-state index >= 15 is 0 Å². The maximum absolute atomic E-state index is 12.3. The van der Waals surface area contributed by atoms with E-state index in [9.17, 15) is 4.79 Å². The Morgan fingerprint density at radius 3 is 2.52 bits per heavy atom. The zero-order valence-corrected chi connectivity index (χ0v) is 13.5. The van der Waals surface area contributed by atoms with Gasteiger partial charge in [-0.25, -0.2) is 0 Å². The molecule has 1 heterocycles. The summed E-state index contributed by atoms with van der Waals surface area (Å²) in [4.78, 5) is 14.2. The highest BCUT2D eigenvalue weighted by Crippen LogP contribution is 2.42. The van der Waals surface area contributed by atoms with Gasteiger partial charge >= 0.3 is 0 Å². The molecule has 1 fully saturated rings. The molecular weight excluding hydrogens is 302 g/mol. The van der Waals surface area contributed by atoms with Crippen LogP contribution in [-0.4, -0.2) is 11.7 Å². The van der Waals surface area contributed by atoms with Crippen LogP contribution in [-0.2, 0) is 4.79 Å². The summed E-state index contributed by atoms with van der Waals surface area (Å²) in [7, 11) is 0. The molecule has 0 saturated carbocycles. The number of anilines is 1. The predicted molar refractivity (Wildman–Crippen MR) is 90.1 cm³/mol. The molecule has 2 nitrogen and oxygen atoms in total. The average Bonchev–Trinajstić information content (AvgIpc) is 2.79. The SMILES string of the molecule is Cc1cc(C)cc(N2C(=O)CS[C@@H]2c2cccc(Cl)c2)c1. The lowest BCUT2D eigenvalue weighted by molar-refractivity contribution is -0.115. The lowest BCUT2D eigenvalue weighted by Gasteiger charge is -2.25. The first-order valence-corrected chi connectivity index (χ1v) is 8.25. The molecule has 2 aromatic rings. The molecule has 4 heteroatoms. The van der Waals surface area contributed by atoms with Gasteiger partial charge in [0.1, 0.15) is 5.37 Å². The third kappa shape index (κ3) is 2.94. The second-order valence-corrected chi connectivity index (χ2v) is 6.83. The summed E-state index contributed by atoms with van der Waals surface area (Å²) in [5.41, 5.74) is 4.36. The predicted octanol–water partition coefficient (Wildman–Crippen LogP) is 4.74. The van der Waals surface area contributed by atoms with Crippen molar-refractivity contribution in [2.75, 3.05) is 10.7 Å². The first-order valence-electron chi connectivity index (χ1n) is 6.82. The summed E-state index contributed by atoms with van der Waals surface area (Å²) >= 11 is 7.74. The van der Waals surface area contributed by atoms with Gasteiger partial charge in [0.2, 0.25) is 5.91 Å². The second kappa shape index (κ2) is 5.74. The Hall–Kier alpha value is -1.45. The van der Waals surface area contributed by atoms with Crippen LogP contribution in [0.4, 0.5) is 5.69 Å². The van der Waals surface area contributed by atoms with Gasteiger partial charge in [-0.1, -0.05) is 29.8 Å². The Balaban J connectivity index is 2.03. The summed E-state index contributed by atoms with van der Waals surface area (Å²) < 4.78 is 0. The van der Waals surface area contributed by atoms with Gasteiger partial charge in [-0.3, -0.25) is 9.69 Å². The summed E-state index contributed by atoms with van der Waals surface area (Å²) in [6.45, 7) is 4.11. The van der Waals surface area contributed by atoms with Gasteiger partial charge in [0, 0.05) is 10.7 Å². The number of carbonyl (C=O) groups is 1. The molecule has 1 amide bonds. The first-order chi connectivity index (χ1) is 10.0. The van der Waals surface area contributed by atoms with Crippen LogP contribution in [0.15, 0.2) is 42.5 Å². The number of amides is 1. The first kappa shape index (κ1) is 14.5. The summed E-state index contributed by atoms with van der Waals surface area (Å²) in [5.74, 6) is 0.652. The van der Waals surface area contributed by atoms with E-state index in [4.69, 9.17) is 11.6 Å². The van der Waals surface area contributed by atoms with Crippen LogP contribution in [0.5, 0.6) is 0 Å². The van der Waals surface area contributed by atoms with E-state index in [0.29, 0.717) is 10.8 Å². The van der Waals surface area contributed by atoms with E-state index in [0.717, 1.165) is 11.3 Å². The number of thioether (sulfide) groups is 1. The molecule has 3 rings (SSSR count). The molecule has 1 aliphatic rings. The maximum Gasteiger partial charge on any atom is 0.238 e. The Morgan fingerprint density at radius 2 is 1.86 bits per heavy atom. The van der Waals surface area contributed by atoms with Crippen LogP contribution in [0.2, 0.25) is 5.02 Å². The summed E-state index contributed by atoms with van der Waals surface area (Å²) in [6, 6.07) is 14.0. The normalized spacial score (nSPS) is 18.3. The number of nitrogens with zero attached hydrogens (tertiary/aromatic N) is 1. The fraction of sp³-hybridized carbons (Fsp3) is 0.235. The van der Waals surface area contributed by atoms with Crippen molar-refractivity contribution in [3.63, 3.8) is 0 Å². The minimum Gasteiger partial charge on any atom is -0.295 e. The molecule has 0 spiro atoms. The van der Waals surface area contributed by atoms with E-state index in [2.05, 4.69) is 32.0 Å². The van der Waals surface area contributed by atoms with E-state index in [1.165, 1.54) is 11.1 Å². The van der Waals surface area contributed by atoms with Gasteiger partial charge in [0.15, 0.2) is 0 Å². The van der Waals surface area contributed by atoms with Crippen molar-refractivity contribution < 1.29 is 4.79 Å². The van der Waals surface area contributed by atoms with Crippen molar-refractivity contribution in [1.82, 2.24) is 0 Å². The number of carbonyl (C=O) groups excluding carboxylic acids is 1. The molecule has 21 heavy (non-hydrogen) atoms. The maximum atomic E-state index is 12.3. The monoisotopic (exact) mass is 317 g/mol. The number of rotatable bonds is 2. The van der Waals surface area contributed by atoms with Gasteiger partial charge in [-0.2, -0.15) is 0 Å². The van der Waals surface area contributed by atoms with E-state index in [1.54, 1.807) is 11.8 Å². The lowest BCUT2D eigenvalue weighted by Crippen LogP contribution is -2.27. The average molecular weight is 318 g/mol. The lowest BCUT2D eigenvalue weighted by atomic mass is 10.1. The molecule has 0 unspecified atom stereocenters. The molecule has 1 saturated heterocycles. The molecule has 1 atom stereocenters. The number of aryl methyl sites for hydroxylation is 2. The third-order valence-corrected chi connectivity index (χ3v) is 4.93. The highest BCUT2D eigenvalue weighted by molar-refractivity contribution is 8.00. The standard InChI is InChI=1S/C17H16ClNOS/c1-11-6-12(2)8-15(7-11)19-16(20)10-21-17(19)13-4-3-5-14(18)9-13/h3-9,17H,10H2,1-2H3/t17-/m1/s1.